The van der Waals surface area contributed by atoms with Crippen LogP contribution in [0.5, 0.6) is 11.5 Å². The Hall–Kier alpha value is -2.72. The summed E-state index contributed by atoms with van der Waals surface area (Å²) in [6.07, 6.45) is 0.452. The van der Waals surface area contributed by atoms with Crippen LogP contribution in [0.1, 0.15) is 36.7 Å². The summed E-state index contributed by atoms with van der Waals surface area (Å²) in [7, 11) is -2.56. The molecule has 0 heterocycles. The molecular formula is C21H26F2N2O5S. The van der Waals surface area contributed by atoms with Gasteiger partial charge in [0.15, 0.2) is 0 Å². The summed E-state index contributed by atoms with van der Waals surface area (Å²) in [5, 5.41) is 2.71. The second kappa shape index (κ2) is 10.1. The Morgan fingerprint density at radius 2 is 1.74 bits per heavy atom. The third-order valence-electron chi connectivity index (χ3n) is 4.00. The summed E-state index contributed by atoms with van der Waals surface area (Å²) in [4.78, 5) is 12.4. The molecule has 1 amide bonds. The van der Waals surface area contributed by atoms with Gasteiger partial charge in [-0.05, 0) is 63.1 Å². The van der Waals surface area contributed by atoms with Crippen molar-refractivity contribution >= 4 is 15.9 Å². The predicted octanol–water partition coefficient (Wildman–Crippen LogP) is 3.35. The molecule has 0 saturated carbocycles. The van der Waals surface area contributed by atoms with Crippen LogP contribution in [0.3, 0.4) is 0 Å². The summed E-state index contributed by atoms with van der Waals surface area (Å²) in [5.74, 6) is -0.273. The summed E-state index contributed by atoms with van der Waals surface area (Å²) < 4.78 is 61.8. The molecule has 7 nitrogen and oxygen atoms in total. The van der Waals surface area contributed by atoms with E-state index < -0.39 is 28.1 Å². The topological polar surface area (TPSA) is 93.7 Å². The second-order valence-corrected chi connectivity index (χ2v) is 9.40. The summed E-state index contributed by atoms with van der Waals surface area (Å²) in [5.41, 5.74) is 0.267. The van der Waals surface area contributed by atoms with E-state index in [0.717, 1.165) is 5.56 Å². The van der Waals surface area contributed by atoms with E-state index in [9.17, 15) is 22.0 Å². The lowest BCUT2D eigenvalue weighted by atomic mass is 10.1. The molecule has 0 aliphatic heterocycles. The van der Waals surface area contributed by atoms with Gasteiger partial charge in [0, 0.05) is 17.6 Å². The molecule has 170 valence electrons. The summed E-state index contributed by atoms with van der Waals surface area (Å²) in [6.45, 7) is 2.50. The minimum atomic E-state index is -3.91. The van der Waals surface area contributed by atoms with Crippen molar-refractivity contribution in [3.63, 3.8) is 0 Å². The normalized spacial score (nSPS) is 12.0. The number of halogens is 2. The van der Waals surface area contributed by atoms with Crippen LogP contribution in [0.2, 0.25) is 0 Å². The van der Waals surface area contributed by atoms with Crippen LogP contribution in [0.15, 0.2) is 47.4 Å². The third kappa shape index (κ3) is 7.48. The zero-order chi connectivity index (χ0) is 23.2. The average molecular weight is 457 g/mol. The molecule has 0 atom stereocenters. The van der Waals surface area contributed by atoms with Crippen LogP contribution in [-0.2, 0) is 16.4 Å². The number of ether oxygens (including phenoxy) is 2. The first kappa shape index (κ1) is 24.5. The SMILES string of the molecule is COc1ccc(C(=O)NCCc2ccc(OC(F)F)cc2)cc1S(=O)(=O)NC(C)(C)C. The number of methoxy groups -OCH3 is 1. The van der Waals surface area contributed by atoms with Crippen molar-refractivity contribution in [2.75, 3.05) is 13.7 Å². The quantitative estimate of drug-likeness (QED) is 0.604. The molecule has 0 spiro atoms. The molecule has 0 radical (unpaired) electrons. The lowest BCUT2D eigenvalue weighted by Crippen LogP contribution is -2.40. The van der Waals surface area contributed by atoms with Gasteiger partial charge in [-0.3, -0.25) is 4.79 Å². The van der Waals surface area contributed by atoms with Crippen LogP contribution in [0, 0.1) is 0 Å². The average Bonchev–Trinajstić information content (AvgIpc) is 2.66. The summed E-state index contributed by atoms with van der Waals surface area (Å²) >= 11 is 0. The number of hydrogen-bond acceptors (Lipinski definition) is 5. The molecule has 0 aromatic heterocycles. The van der Waals surface area contributed by atoms with Crippen molar-refractivity contribution in [1.82, 2.24) is 10.0 Å². The zero-order valence-electron chi connectivity index (χ0n) is 17.7. The van der Waals surface area contributed by atoms with E-state index in [0.29, 0.717) is 6.42 Å². The second-order valence-electron chi connectivity index (χ2n) is 7.75. The maximum absolute atomic E-state index is 12.7. The van der Waals surface area contributed by atoms with Crippen LogP contribution < -0.4 is 19.5 Å². The molecule has 0 unspecified atom stereocenters. The smallest absolute Gasteiger partial charge is 0.387 e. The number of carbonyl (C=O) groups excluding carboxylic acids is 1. The number of sulfonamides is 1. The van der Waals surface area contributed by atoms with E-state index in [2.05, 4.69) is 14.8 Å². The molecule has 2 aromatic carbocycles. The molecule has 0 aliphatic carbocycles. The fraction of sp³-hybridized carbons (Fsp3) is 0.381. The number of carbonyl (C=O) groups is 1. The van der Waals surface area contributed by atoms with Crippen molar-refractivity contribution in [3.8, 4) is 11.5 Å². The first-order valence-corrected chi connectivity index (χ1v) is 10.9. The molecule has 2 N–H and O–H groups in total. The van der Waals surface area contributed by atoms with Crippen LogP contribution in [0.4, 0.5) is 8.78 Å². The number of alkyl halides is 2. The van der Waals surface area contributed by atoms with Gasteiger partial charge in [0.05, 0.1) is 7.11 Å². The van der Waals surface area contributed by atoms with Gasteiger partial charge < -0.3 is 14.8 Å². The largest absolute Gasteiger partial charge is 0.495 e. The minimum absolute atomic E-state index is 0.0543. The van der Waals surface area contributed by atoms with Gasteiger partial charge in [-0.1, -0.05) is 12.1 Å². The first-order chi connectivity index (χ1) is 14.4. The molecule has 0 aliphatic rings. The van der Waals surface area contributed by atoms with Crippen molar-refractivity contribution in [2.24, 2.45) is 0 Å². The van der Waals surface area contributed by atoms with E-state index in [-0.39, 0.29) is 28.5 Å². The van der Waals surface area contributed by atoms with Crippen LogP contribution >= 0.6 is 0 Å². The monoisotopic (exact) mass is 456 g/mol. The Morgan fingerprint density at radius 1 is 1.10 bits per heavy atom. The zero-order valence-corrected chi connectivity index (χ0v) is 18.6. The lowest BCUT2D eigenvalue weighted by Gasteiger charge is -2.21. The molecule has 10 heteroatoms. The number of hydrogen-bond donors (Lipinski definition) is 2. The lowest BCUT2D eigenvalue weighted by molar-refractivity contribution is -0.0498. The molecule has 0 saturated heterocycles. The van der Waals surface area contributed by atoms with Crippen molar-refractivity contribution in [2.45, 2.75) is 44.2 Å². The highest BCUT2D eigenvalue weighted by molar-refractivity contribution is 7.89. The standard InChI is InChI=1S/C21H26F2N2O5S/c1-21(2,3)25-31(27,28)18-13-15(7-10-17(18)29-4)19(26)24-12-11-14-5-8-16(9-6-14)30-20(22)23/h5-10,13,20,25H,11-12H2,1-4H3,(H,24,26). The van der Waals surface area contributed by atoms with E-state index in [4.69, 9.17) is 4.74 Å². The Morgan fingerprint density at radius 3 is 2.29 bits per heavy atom. The number of amides is 1. The number of nitrogens with one attached hydrogen (secondary N) is 2. The van der Waals surface area contributed by atoms with Gasteiger partial charge in [-0.2, -0.15) is 8.78 Å². The maximum Gasteiger partial charge on any atom is 0.387 e. The molecular weight excluding hydrogens is 430 g/mol. The molecule has 2 rings (SSSR count). The van der Waals surface area contributed by atoms with E-state index in [1.807, 2.05) is 0 Å². The highest BCUT2D eigenvalue weighted by Crippen LogP contribution is 2.26. The predicted molar refractivity (Wildman–Crippen MR) is 112 cm³/mol. The third-order valence-corrected chi connectivity index (χ3v) is 5.78. The van der Waals surface area contributed by atoms with Crippen LogP contribution in [-0.4, -0.2) is 40.1 Å². The maximum atomic E-state index is 12.7. The van der Waals surface area contributed by atoms with Crippen molar-refractivity contribution in [3.05, 3.63) is 53.6 Å². The molecule has 2 aromatic rings. The van der Waals surface area contributed by atoms with Gasteiger partial charge in [0.1, 0.15) is 16.4 Å². The Balaban J connectivity index is 2.07. The van der Waals surface area contributed by atoms with Crippen LogP contribution in [0.25, 0.3) is 0 Å². The van der Waals surface area contributed by atoms with Crippen molar-refractivity contribution in [1.29, 1.82) is 0 Å². The number of benzene rings is 2. The Bertz CT molecular complexity index is 1000. The van der Waals surface area contributed by atoms with E-state index >= 15 is 0 Å². The minimum Gasteiger partial charge on any atom is -0.495 e. The first-order valence-electron chi connectivity index (χ1n) is 9.45. The molecule has 0 bridgehead atoms. The molecule has 31 heavy (non-hydrogen) atoms. The highest BCUT2D eigenvalue weighted by atomic mass is 32.2. The van der Waals surface area contributed by atoms with Crippen molar-refractivity contribution < 1.29 is 31.5 Å². The fourth-order valence-electron chi connectivity index (χ4n) is 2.75. The Labute approximate surface area is 180 Å². The summed E-state index contributed by atoms with van der Waals surface area (Å²) in [6, 6.07) is 10.3. The Kier molecular flexibility index (Phi) is 7.96. The van der Waals surface area contributed by atoms with E-state index in [1.165, 1.54) is 37.4 Å². The van der Waals surface area contributed by atoms with Gasteiger partial charge in [0.2, 0.25) is 10.0 Å². The van der Waals surface area contributed by atoms with Gasteiger partial charge in [0.25, 0.3) is 5.91 Å². The number of rotatable bonds is 9. The fourth-order valence-corrected chi connectivity index (χ4v) is 4.36. The van der Waals surface area contributed by atoms with E-state index in [1.54, 1.807) is 32.9 Å². The highest BCUT2D eigenvalue weighted by Gasteiger charge is 2.26. The molecule has 0 fully saturated rings. The van der Waals surface area contributed by atoms with Gasteiger partial charge in [-0.15, -0.1) is 0 Å². The van der Waals surface area contributed by atoms with Gasteiger partial charge >= 0.3 is 6.61 Å². The van der Waals surface area contributed by atoms with Gasteiger partial charge in [-0.25, -0.2) is 13.1 Å².